The predicted octanol–water partition coefficient (Wildman–Crippen LogP) is 2.71. The van der Waals surface area contributed by atoms with Crippen LogP contribution in [0.25, 0.3) is 0 Å². The minimum atomic E-state index is -0.577. The second-order valence-electron chi connectivity index (χ2n) is 6.22. The Bertz CT molecular complexity index is 853. The summed E-state index contributed by atoms with van der Waals surface area (Å²) in [6, 6.07) is 11.3. The fraction of sp³-hybridized carbons (Fsp3) is 0.278. The van der Waals surface area contributed by atoms with Gasteiger partial charge in [-0.15, -0.1) is 0 Å². The van der Waals surface area contributed by atoms with Crippen molar-refractivity contribution < 1.29 is 14.8 Å². The van der Waals surface area contributed by atoms with E-state index in [-0.39, 0.29) is 34.6 Å². The molecule has 0 bridgehead atoms. The maximum atomic E-state index is 12.3. The molecule has 0 spiro atoms. The van der Waals surface area contributed by atoms with Crippen molar-refractivity contribution in [3.63, 3.8) is 0 Å². The van der Waals surface area contributed by atoms with Crippen molar-refractivity contribution in [2.45, 2.75) is 0 Å². The number of amides is 1. The van der Waals surface area contributed by atoms with Crippen LogP contribution in [0.4, 0.5) is 17.1 Å². The zero-order chi connectivity index (χ0) is 19.4. The number of phenols is 1. The zero-order valence-electron chi connectivity index (χ0n) is 14.5. The molecule has 1 saturated heterocycles. The third kappa shape index (κ3) is 4.66. The molecule has 2 aromatic carbocycles. The van der Waals surface area contributed by atoms with E-state index in [1.54, 1.807) is 12.1 Å². The molecule has 1 amide bonds. The molecule has 27 heavy (non-hydrogen) atoms. The van der Waals surface area contributed by atoms with E-state index in [2.05, 4.69) is 10.2 Å². The Labute approximate surface area is 161 Å². The number of nitro benzene ring substituents is 1. The van der Waals surface area contributed by atoms with Crippen LogP contribution in [-0.4, -0.2) is 53.6 Å². The van der Waals surface area contributed by atoms with E-state index in [4.69, 9.17) is 11.6 Å². The Morgan fingerprint density at radius 1 is 1.19 bits per heavy atom. The van der Waals surface area contributed by atoms with E-state index in [0.29, 0.717) is 26.2 Å². The van der Waals surface area contributed by atoms with Crippen molar-refractivity contribution in [1.82, 2.24) is 4.90 Å². The van der Waals surface area contributed by atoms with Gasteiger partial charge < -0.3 is 15.3 Å². The van der Waals surface area contributed by atoms with Crippen LogP contribution >= 0.6 is 11.6 Å². The average molecular weight is 391 g/mol. The van der Waals surface area contributed by atoms with Gasteiger partial charge in [-0.3, -0.25) is 19.8 Å². The molecule has 2 aromatic rings. The van der Waals surface area contributed by atoms with E-state index in [1.807, 2.05) is 17.0 Å². The third-order valence-electron chi connectivity index (χ3n) is 4.39. The number of hydrogen-bond acceptors (Lipinski definition) is 6. The van der Waals surface area contributed by atoms with Gasteiger partial charge in [-0.1, -0.05) is 23.7 Å². The van der Waals surface area contributed by atoms with Gasteiger partial charge in [-0.05, 0) is 24.3 Å². The van der Waals surface area contributed by atoms with Crippen LogP contribution in [0.3, 0.4) is 0 Å². The second kappa shape index (κ2) is 8.24. The lowest BCUT2D eigenvalue weighted by molar-refractivity contribution is -0.383. The molecule has 8 nitrogen and oxygen atoms in total. The van der Waals surface area contributed by atoms with Crippen LogP contribution in [0.1, 0.15) is 0 Å². The van der Waals surface area contributed by atoms with Gasteiger partial charge in [-0.2, -0.15) is 0 Å². The Morgan fingerprint density at radius 3 is 2.56 bits per heavy atom. The van der Waals surface area contributed by atoms with Crippen LogP contribution in [0.15, 0.2) is 42.5 Å². The van der Waals surface area contributed by atoms with Gasteiger partial charge >= 0.3 is 0 Å². The highest BCUT2D eigenvalue weighted by Gasteiger charge is 2.22. The number of rotatable bonds is 5. The SMILES string of the molecule is O=C(CN1CCN(c2ccccc2O)CC1)Nc1ccc(Cl)cc1[N+](=O)[O-]. The van der Waals surface area contributed by atoms with Crippen molar-refractivity contribution >= 4 is 34.6 Å². The lowest BCUT2D eigenvalue weighted by Gasteiger charge is -2.35. The van der Waals surface area contributed by atoms with E-state index in [0.717, 1.165) is 5.69 Å². The van der Waals surface area contributed by atoms with E-state index >= 15 is 0 Å². The lowest BCUT2D eigenvalue weighted by atomic mass is 10.2. The molecule has 0 unspecified atom stereocenters. The minimum absolute atomic E-state index is 0.127. The van der Waals surface area contributed by atoms with Crippen molar-refractivity contribution in [2.24, 2.45) is 0 Å². The van der Waals surface area contributed by atoms with E-state index in [9.17, 15) is 20.0 Å². The molecule has 9 heteroatoms. The number of aromatic hydroxyl groups is 1. The standard InChI is InChI=1S/C18H19ClN4O4/c19-13-5-6-14(16(11-13)23(26)27)20-18(25)12-21-7-9-22(10-8-21)15-3-1-2-4-17(15)24/h1-6,11,24H,7-10,12H2,(H,20,25). The number of para-hydroxylation sites is 2. The summed E-state index contributed by atoms with van der Waals surface area (Å²) in [5, 5.41) is 23.9. The first kappa shape index (κ1) is 18.9. The number of nitro groups is 1. The average Bonchev–Trinajstić information content (AvgIpc) is 2.64. The summed E-state index contributed by atoms with van der Waals surface area (Å²) in [6.45, 7) is 2.77. The normalized spacial score (nSPS) is 14.8. The molecule has 1 heterocycles. The number of nitrogens with zero attached hydrogens (tertiary/aromatic N) is 3. The maximum absolute atomic E-state index is 12.3. The third-order valence-corrected chi connectivity index (χ3v) is 4.63. The molecule has 1 aliphatic rings. The fourth-order valence-corrected chi connectivity index (χ4v) is 3.20. The highest BCUT2D eigenvalue weighted by molar-refractivity contribution is 6.31. The maximum Gasteiger partial charge on any atom is 0.294 e. The fourth-order valence-electron chi connectivity index (χ4n) is 3.03. The molecular weight excluding hydrogens is 372 g/mol. The molecule has 1 fully saturated rings. The number of benzene rings is 2. The van der Waals surface area contributed by atoms with E-state index in [1.165, 1.54) is 18.2 Å². The number of nitrogens with one attached hydrogen (secondary N) is 1. The molecular formula is C18H19ClN4O4. The highest BCUT2D eigenvalue weighted by Crippen LogP contribution is 2.28. The molecule has 2 N–H and O–H groups in total. The van der Waals surface area contributed by atoms with Gasteiger partial charge in [0.05, 0.1) is 17.2 Å². The Kier molecular flexibility index (Phi) is 5.78. The van der Waals surface area contributed by atoms with E-state index < -0.39 is 4.92 Å². The quantitative estimate of drug-likeness (QED) is 0.601. The predicted molar refractivity (Wildman–Crippen MR) is 103 cm³/mol. The molecule has 0 saturated carbocycles. The molecule has 3 rings (SSSR count). The van der Waals surface area contributed by atoms with Crippen LogP contribution in [-0.2, 0) is 4.79 Å². The summed E-state index contributed by atoms with van der Waals surface area (Å²) in [6.07, 6.45) is 0. The first-order valence-corrected chi connectivity index (χ1v) is 8.81. The van der Waals surface area contributed by atoms with Crippen LogP contribution in [0, 0.1) is 10.1 Å². The molecule has 142 valence electrons. The highest BCUT2D eigenvalue weighted by atomic mass is 35.5. The molecule has 0 aliphatic carbocycles. The van der Waals surface area contributed by atoms with Crippen molar-refractivity contribution in [3.8, 4) is 5.75 Å². The summed E-state index contributed by atoms with van der Waals surface area (Å²) in [5.41, 5.74) is 0.667. The van der Waals surface area contributed by atoms with Crippen molar-refractivity contribution in [2.75, 3.05) is 42.9 Å². The zero-order valence-corrected chi connectivity index (χ0v) is 15.2. The van der Waals surface area contributed by atoms with Crippen LogP contribution < -0.4 is 10.2 Å². The topological polar surface area (TPSA) is 99.0 Å². The summed E-state index contributed by atoms with van der Waals surface area (Å²) in [4.78, 5) is 26.8. The number of carbonyl (C=O) groups is 1. The van der Waals surface area contributed by atoms with Crippen molar-refractivity contribution in [3.05, 3.63) is 57.6 Å². The Balaban J connectivity index is 1.56. The van der Waals surface area contributed by atoms with Gasteiger partial charge in [0, 0.05) is 37.3 Å². The molecule has 0 aromatic heterocycles. The molecule has 0 atom stereocenters. The van der Waals surface area contributed by atoms with Crippen molar-refractivity contribution in [1.29, 1.82) is 0 Å². The first-order valence-electron chi connectivity index (χ1n) is 8.43. The Hall–Kier alpha value is -2.84. The van der Waals surface area contributed by atoms with Crippen LogP contribution in [0.5, 0.6) is 5.75 Å². The smallest absolute Gasteiger partial charge is 0.294 e. The van der Waals surface area contributed by atoms with Gasteiger partial charge in [0.1, 0.15) is 11.4 Å². The number of piperazine rings is 1. The monoisotopic (exact) mass is 390 g/mol. The Morgan fingerprint density at radius 2 is 1.89 bits per heavy atom. The number of carbonyl (C=O) groups excluding carboxylic acids is 1. The number of anilines is 2. The first-order chi connectivity index (χ1) is 12.9. The number of hydrogen-bond donors (Lipinski definition) is 2. The summed E-state index contributed by atoms with van der Waals surface area (Å²) >= 11 is 5.78. The van der Waals surface area contributed by atoms with Gasteiger partial charge in [0.15, 0.2) is 0 Å². The summed E-state index contributed by atoms with van der Waals surface area (Å²) in [7, 11) is 0. The van der Waals surface area contributed by atoms with Gasteiger partial charge in [-0.25, -0.2) is 0 Å². The molecule has 1 aliphatic heterocycles. The van der Waals surface area contributed by atoms with Crippen LogP contribution in [0.2, 0.25) is 5.02 Å². The summed E-state index contributed by atoms with van der Waals surface area (Å²) < 4.78 is 0. The lowest BCUT2D eigenvalue weighted by Crippen LogP contribution is -2.48. The van der Waals surface area contributed by atoms with Gasteiger partial charge in [0.2, 0.25) is 5.91 Å². The summed E-state index contributed by atoms with van der Waals surface area (Å²) in [5.74, 6) is -0.0878. The van der Waals surface area contributed by atoms with Gasteiger partial charge in [0.25, 0.3) is 5.69 Å². The molecule has 0 radical (unpaired) electrons. The largest absolute Gasteiger partial charge is 0.506 e. The number of halogens is 1. The second-order valence-corrected chi connectivity index (χ2v) is 6.66. The number of phenolic OH excluding ortho intramolecular Hbond substituents is 1. The minimum Gasteiger partial charge on any atom is -0.506 e.